The van der Waals surface area contributed by atoms with Gasteiger partial charge in [0, 0.05) is 6.04 Å². The summed E-state index contributed by atoms with van der Waals surface area (Å²) in [6.45, 7) is 1.16. The zero-order valence-electron chi connectivity index (χ0n) is 14.0. The molecular formula is C18H21N3O3S. The number of methoxy groups -OCH3 is 1. The average Bonchev–Trinajstić information content (AvgIpc) is 3.24. The number of rotatable bonds is 6. The number of likely N-dealkylation sites (tertiary alicyclic amines) is 1. The van der Waals surface area contributed by atoms with E-state index in [1.165, 1.54) is 16.9 Å². The highest BCUT2D eigenvalue weighted by molar-refractivity contribution is 7.14. The number of nitrogens with two attached hydrogens (primary N) is 1. The summed E-state index contributed by atoms with van der Waals surface area (Å²) in [5.74, 6) is 0.155. The highest BCUT2D eigenvalue weighted by atomic mass is 32.1. The molecule has 1 aromatic heterocycles. The predicted octanol–water partition coefficient (Wildman–Crippen LogP) is 2.63. The van der Waals surface area contributed by atoms with Crippen LogP contribution in [0.1, 0.15) is 34.8 Å². The minimum atomic E-state index is -0.533. The van der Waals surface area contributed by atoms with E-state index in [9.17, 15) is 9.59 Å². The number of ether oxygens (including phenoxy) is 1. The van der Waals surface area contributed by atoms with Crippen molar-refractivity contribution in [2.45, 2.75) is 18.9 Å². The second-order valence-corrected chi connectivity index (χ2v) is 6.89. The van der Waals surface area contributed by atoms with Crippen molar-refractivity contribution in [3.63, 3.8) is 0 Å². The van der Waals surface area contributed by atoms with Gasteiger partial charge in [-0.3, -0.25) is 14.5 Å². The quantitative estimate of drug-likeness (QED) is 0.830. The number of nitrogens with one attached hydrogen (secondary N) is 1. The van der Waals surface area contributed by atoms with E-state index in [0.29, 0.717) is 10.6 Å². The van der Waals surface area contributed by atoms with Gasteiger partial charge in [-0.15, -0.1) is 11.3 Å². The first kappa shape index (κ1) is 17.4. The van der Waals surface area contributed by atoms with Gasteiger partial charge in [0.2, 0.25) is 5.91 Å². The third kappa shape index (κ3) is 4.00. The third-order valence-corrected chi connectivity index (χ3v) is 5.22. The number of amides is 2. The number of hydrogen-bond acceptors (Lipinski definition) is 5. The van der Waals surface area contributed by atoms with Crippen LogP contribution in [0.2, 0.25) is 0 Å². The summed E-state index contributed by atoms with van der Waals surface area (Å²) in [7, 11) is 1.64. The highest BCUT2D eigenvalue weighted by Gasteiger charge is 2.28. The maximum Gasteiger partial charge on any atom is 0.251 e. The number of carbonyl (C=O) groups is 2. The summed E-state index contributed by atoms with van der Waals surface area (Å²) in [4.78, 5) is 25.9. The lowest BCUT2D eigenvalue weighted by molar-refractivity contribution is -0.117. The molecule has 2 heterocycles. The molecule has 1 aromatic carbocycles. The van der Waals surface area contributed by atoms with E-state index in [0.717, 1.165) is 25.1 Å². The van der Waals surface area contributed by atoms with Crippen LogP contribution in [0.3, 0.4) is 0 Å². The van der Waals surface area contributed by atoms with Crippen LogP contribution in [0.4, 0.5) is 5.00 Å². The third-order valence-electron chi connectivity index (χ3n) is 4.39. The number of nitrogens with zero attached hydrogens (tertiary/aromatic N) is 1. The minimum Gasteiger partial charge on any atom is -0.497 e. The maximum atomic E-state index is 12.4. The lowest BCUT2D eigenvalue weighted by atomic mass is 10.0. The zero-order valence-corrected chi connectivity index (χ0v) is 14.8. The largest absolute Gasteiger partial charge is 0.497 e. The van der Waals surface area contributed by atoms with Crippen LogP contribution < -0.4 is 15.8 Å². The Morgan fingerprint density at radius 2 is 2.08 bits per heavy atom. The molecule has 7 heteroatoms. The second-order valence-electron chi connectivity index (χ2n) is 5.98. The summed E-state index contributed by atoms with van der Waals surface area (Å²) in [5.41, 5.74) is 6.85. The van der Waals surface area contributed by atoms with Crippen LogP contribution in [0.25, 0.3) is 0 Å². The Balaban J connectivity index is 1.65. The van der Waals surface area contributed by atoms with Gasteiger partial charge in [-0.25, -0.2) is 0 Å². The molecule has 1 saturated heterocycles. The molecule has 25 heavy (non-hydrogen) atoms. The molecule has 3 N–H and O–H groups in total. The Labute approximate surface area is 150 Å². The summed E-state index contributed by atoms with van der Waals surface area (Å²) in [6, 6.07) is 9.82. The Morgan fingerprint density at radius 1 is 1.32 bits per heavy atom. The summed E-state index contributed by atoms with van der Waals surface area (Å²) in [5, 5.41) is 5.06. The van der Waals surface area contributed by atoms with E-state index < -0.39 is 5.91 Å². The van der Waals surface area contributed by atoms with Crippen LogP contribution in [-0.2, 0) is 4.79 Å². The number of carbonyl (C=O) groups excluding carboxylic acids is 2. The Morgan fingerprint density at radius 3 is 2.76 bits per heavy atom. The van der Waals surface area contributed by atoms with Crippen LogP contribution in [0.5, 0.6) is 5.75 Å². The van der Waals surface area contributed by atoms with Crippen molar-refractivity contribution in [1.29, 1.82) is 0 Å². The lowest BCUT2D eigenvalue weighted by Crippen LogP contribution is -2.33. The Kier molecular flexibility index (Phi) is 5.35. The van der Waals surface area contributed by atoms with Crippen molar-refractivity contribution in [1.82, 2.24) is 4.90 Å². The van der Waals surface area contributed by atoms with Gasteiger partial charge >= 0.3 is 0 Å². The van der Waals surface area contributed by atoms with E-state index in [4.69, 9.17) is 10.5 Å². The molecule has 132 valence electrons. The average molecular weight is 359 g/mol. The number of thiophene rings is 1. The minimum absolute atomic E-state index is 0.134. The van der Waals surface area contributed by atoms with Gasteiger partial charge in [0.05, 0.1) is 19.2 Å². The standard InChI is InChI=1S/C18H21N3O3S/c1-24-13-6-4-12(5-7-13)15-3-2-9-21(15)11-16(22)20-18-14(17(19)23)8-10-25-18/h4-8,10,15H,2-3,9,11H2,1H3,(H2,19,23)(H,20,22)/t15-/m0/s1. The van der Waals surface area contributed by atoms with E-state index in [1.807, 2.05) is 24.3 Å². The molecular weight excluding hydrogens is 338 g/mol. The van der Waals surface area contributed by atoms with Crippen molar-refractivity contribution in [3.8, 4) is 5.75 Å². The first-order valence-electron chi connectivity index (χ1n) is 8.13. The first-order valence-corrected chi connectivity index (χ1v) is 9.01. The topological polar surface area (TPSA) is 84.7 Å². The van der Waals surface area contributed by atoms with Gasteiger partial charge in [-0.1, -0.05) is 12.1 Å². The van der Waals surface area contributed by atoms with Gasteiger partial charge in [0.1, 0.15) is 10.8 Å². The smallest absolute Gasteiger partial charge is 0.251 e. The molecule has 0 bridgehead atoms. The van der Waals surface area contributed by atoms with Crippen LogP contribution >= 0.6 is 11.3 Å². The number of hydrogen-bond donors (Lipinski definition) is 2. The van der Waals surface area contributed by atoms with E-state index in [1.54, 1.807) is 18.6 Å². The normalized spacial score (nSPS) is 17.4. The molecule has 0 saturated carbocycles. The van der Waals surface area contributed by atoms with Gasteiger partial charge in [0.15, 0.2) is 0 Å². The van der Waals surface area contributed by atoms with E-state index in [2.05, 4.69) is 10.2 Å². The molecule has 3 rings (SSSR count). The molecule has 2 amide bonds. The molecule has 0 unspecified atom stereocenters. The molecule has 1 aliphatic heterocycles. The molecule has 2 aromatic rings. The summed E-state index contributed by atoms with van der Waals surface area (Å²) in [6.07, 6.45) is 2.07. The fraction of sp³-hybridized carbons (Fsp3) is 0.333. The van der Waals surface area contributed by atoms with Crippen molar-refractivity contribution in [3.05, 3.63) is 46.8 Å². The fourth-order valence-electron chi connectivity index (χ4n) is 3.17. The van der Waals surface area contributed by atoms with Crippen LogP contribution in [0, 0.1) is 0 Å². The van der Waals surface area contributed by atoms with E-state index >= 15 is 0 Å². The molecule has 6 nitrogen and oxygen atoms in total. The van der Waals surface area contributed by atoms with Gasteiger partial charge in [-0.05, 0) is 48.5 Å². The maximum absolute atomic E-state index is 12.4. The zero-order chi connectivity index (χ0) is 17.8. The number of anilines is 1. The van der Waals surface area contributed by atoms with Crippen molar-refractivity contribution in [2.24, 2.45) is 5.73 Å². The molecule has 0 aliphatic carbocycles. The number of benzene rings is 1. The van der Waals surface area contributed by atoms with E-state index in [-0.39, 0.29) is 18.5 Å². The first-order chi connectivity index (χ1) is 12.1. The van der Waals surface area contributed by atoms with Gasteiger partial charge < -0.3 is 15.8 Å². The van der Waals surface area contributed by atoms with Gasteiger partial charge in [0.25, 0.3) is 5.91 Å². The summed E-state index contributed by atoms with van der Waals surface area (Å²) < 4.78 is 5.20. The van der Waals surface area contributed by atoms with Crippen molar-refractivity contribution < 1.29 is 14.3 Å². The monoisotopic (exact) mass is 359 g/mol. The second kappa shape index (κ2) is 7.67. The molecule has 0 spiro atoms. The van der Waals surface area contributed by atoms with Crippen molar-refractivity contribution >= 4 is 28.2 Å². The fourth-order valence-corrected chi connectivity index (χ4v) is 3.98. The Hall–Kier alpha value is -2.38. The SMILES string of the molecule is COc1ccc([C@@H]2CCCN2CC(=O)Nc2sccc2C(N)=O)cc1. The van der Waals surface area contributed by atoms with Crippen molar-refractivity contribution in [2.75, 3.05) is 25.5 Å². The predicted molar refractivity (Wildman–Crippen MR) is 98.0 cm³/mol. The van der Waals surface area contributed by atoms with Crippen LogP contribution in [0.15, 0.2) is 35.7 Å². The highest BCUT2D eigenvalue weighted by Crippen LogP contribution is 2.32. The summed E-state index contributed by atoms with van der Waals surface area (Å²) >= 11 is 1.30. The Bertz CT molecular complexity index is 757. The molecule has 1 aliphatic rings. The number of primary amides is 1. The lowest BCUT2D eigenvalue weighted by Gasteiger charge is -2.24. The molecule has 1 fully saturated rings. The van der Waals surface area contributed by atoms with Gasteiger partial charge in [-0.2, -0.15) is 0 Å². The molecule has 1 atom stereocenters. The van der Waals surface area contributed by atoms with Crippen LogP contribution in [-0.4, -0.2) is 36.9 Å². The molecule has 0 radical (unpaired) electrons.